The summed E-state index contributed by atoms with van der Waals surface area (Å²) in [6, 6.07) is 6.20. The van der Waals surface area contributed by atoms with Crippen molar-refractivity contribution in [1.29, 1.82) is 0 Å². The summed E-state index contributed by atoms with van der Waals surface area (Å²) in [5.41, 5.74) is 0.434. The number of halogens is 2. The molecule has 0 radical (unpaired) electrons. The summed E-state index contributed by atoms with van der Waals surface area (Å²) >= 11 is 12.1. The second-order valence-corrected chi connectivity index (χ2v) is 7.21. The highest BCUT2D eigenvalue weighted by Crippen LogP contribution is 2.46. The number of hydrogen-bond donors (Lipinski definition) is 1. The van der Waals surface area contributed by atoms with E-state index in [1.165, 1.54) is 6.42 Å². The molecule has 114 valence electrons. The number of hydrogen-bond acceptors (Lipinski definition) is 2. The Morgan fingerprint density at radius 3 is 2.81 bits per heavy atom. The summed E-state index contributed by atoms with van der Waals surface area (Å²) in [6.45, 7) is 2.16. The van der Waals surface area contributed by atoms with Crippen molar-refractivity contribution in [3.8, 4) is 0 Å². The molecule has 21 heavy (non-hydrogen) atoms. The number of Topliss-reactive ketones (excluding diaryl/α,β-unsaturated/α-hetero) is 1. The summed E-state index contributed by atoms with van der Waals surface area (Å²) in [7, 11) is 0. The predicted molar refractivity (Wildman–Crippen MR) is 87.3 cm³/mol. The van der Waals surface area contributed by atoms with E-state index < -0.39 is 0 Å². The van der Waals surface area contributed by atoms with Crippen molar-refractivity contribution in [1.82, 2.24) is 5.32 Å². The molecule has 0 aliphatic carbocycles. The van der Waals surface area contributed by atoms with Gasteiger partial charge in [-0.3, -0.25) is 4.79 Å². The van der Waals surface area contributed by atoms with Crippen LogP contribution in [0.5, 0.6) is 0 Å². The van der Waals surface area contributed by atoms with Crippen molar-refractivity contribution in [2.75, 3.05) is 0 Å². The first kappa shape index (κ1) is 15.3. The van der Waals surface area contributed by atoms with E-state index in [0.717, 1.165) is 32.1 Å². The van der Waals surface area contributed by atoms with E-state index in [1.807, 2.05) is 6.07 Å². The molecule has 2 heterocycles. The van der Waals surface area contributed by atoms with Crippen LogP contribution in [-0.4, -0.2) is 17.9 Å². The molecular formula is C17H21Cl2NO. The predicted octanol–water partition coefficient (Wildman–Crippen LogP) is 4.88. The van der Waals surface area contributed by atoms with Gasteiger partial charge in [0.25, 0.3) is 0 Å². The minimum atomic E-state index is -0.265. The normalized spacial score (nSPS) is 31.4. The molecule has 2 fully saturated rings. The van der Waals surface area contributed by atoms with Gasteiger partial charge in [-0.15, -0.1) is 0 Å². The fourth-order valence-corrected chi connectivity index (χ4v) is 4.44. The van der Waals surface area contributed by atoms with Crippen LogP contribution in [0.4, 0.5) is 0 Å². The van der Waals surface area contributed by atoms with Crippen LogP contribution < -0.4 is 5.32 Å². The van der Waals surface area contributed by atoms with Crippen molar-refractivity contribution >= 4 is 29.0 Å². The fourth-order valence-electron chi connectivity index (χ4n) is 4.14. The maximum absolute atomic E-state index is 13.2. The lowest BCUT2D eigenvalue weighted by molar-refractivity contribution is 0.0617. The monoisotopic (exact) mass is 325 g/mol. The standard InChI is InChI=1S/C17H21Cl2NO/c1-2-8-17(9-7-12-4-6-15(17)20-12)16(21)11-3-5-13(18)14(19)10-11/h3,5,10,12,15,20H,2,4,6-9H2,1H3/t12-,15+,17-/m0/s1. The number of piperidine rings is 1. The summed E-state index contributed by atoms with van der Waals surface area (Å²) in [5, 5.41) is 4.62. The number of fused-ring (bicyclic) bond motifs is 2. The number of carbonyl (C=O) groups is 1. The molecule has 1 aromatic carbocycles. The lowest BCUT2D eigenvalue weighted by Crippen LogP contribution is -2.52. The van der Waals surface area contributed by atoms with Gasteiger partial charge in [-0.05, 0) is 50.3 Å². The van der Waals surface area contributed by atoms with Crippen LogP contribution in [0.3, 0.4) is 0 Å². The number of benzene rings is 1. The van der Waals surface area contributed by atoms with Gasteiger partial charge in [0.05, 0.1) is 10.0 Å². The van der Waals surface area contributed by atoms with Crippen LogP contribution >= 0.6 is 23.2 Å². The molecule has 3 atom stereocenters. The maximum atomic E-state index is 13.2. The van der Waals surface area contributed by atoms with Gasteiger partial charge in [0.1, 0.15) is 0 Å². The fraction of sp³-hybridized carbons (Fsp3) is 0.588. The summed E-state index contributed by atoms with van der Waals surface area (Å²) < 4.78 is 0. The maximum Gasteiger partial charge on any atom is 0.170 e. The topological polar surface area (TPSA) is 29.1 Å². The van der Waals surface area contributed by atoms with Gasteiger partial charge >= 0.3 is 0 Å². The molecule has 1 N–H and O–H groups in total. The zero-order valence-electron chi connectivity index (χ0n) is 12.3. The molecule has 0 spiro atoms. The third-order valence-corrected chi connectivity index (χ3v) is 5.92. The van der Waals surface area contributed by atoms with Crippen molar-refractivity contribution in [3.05, 3.63) is 33.8 Å². The Morgan fingerprint density at radius 2 is 2.10 bits per heavy atom. The van der Waals surface area contributed by atoms with E-state index in [-0.39, 0.29) is 11.2 Å². The molecule has 0 unspecified atom stereocenters. The molecule has 2 bridgehead atoms. The Bertz CT molecular complexity index is 560. The Labute approximate surface area is 136 Å². The third-order valence-electron chi connectivity index (χ3n) is 5.18. The molecule has 2 aliphatic heterocycles. The van der Waals surface area contributed by atoms with Crippen molar-refractivity contribution in [2.45, 2.75) is 57.5 Å². The number of carbonyl (C=O) groups excluding carboxylic acids is 1. The van der Waals surface area contributed by atoms with Crippen LogP contribution in [0.25, 0.3) is 0 Å². The highest BCUT2D eigenvalue weighted by atomic mass is 35.5. The highest BCUT2D eigenvalue weighted by Gasteiger charge is 2.50. The smallest absolute Gasteiger partial charge is 0.170 e. The Hall–Kier alpha value is -0.570. The largest absolute Gasteiger partial charge is 0.310 e. The second-order valence-electron chi connectivity index (χ2n) is 6.40. The first-order chi connectivity index (χ1) is 10.1. The number of nitrogens with one attached hydrogen (secondary N) is 1. The van der Waals surface area contributed by atoms with E-state index in [1.54, 1.807) is 12.1 Å². The molecule has 4 heteroatoms. The van der Waals surface area contributed by atoms with E-state index >= 15 is 0 Å². The lowest BCUT2D eigenvalue weighted by atomic mass is 9.67. The van der Waals surface area contributed by atoms with Gasteiger partial charge < -0.3 is 5.32 Å². The summed E-state index contributed by atoms with van der Waals surface area (Å²) in [4.78, 5) is 13.2. The average molecular weight is 326 g/mol. The first-order valence-electron chi connectivity index (χ1n) is 7.83. The summed E-state index contributed by atoms with van der Waals surface area (Å²) in [5.74, 6) is 0.237. The van der Waals surface area contributed by atoms with Crippen molar-refractivity contribution in [2.24, 2.45) is 5.41 Å². The van der Waals surface area contributed by atoms with Gasteiger partial charge in [0.2, 0.25) is 0 Å². The molecule has 3 rings (SSSR count). The van der Waals surface area contributed by atoms with Crippen molar-refractivity contribution in [3.63, 3.8) is 0 Å². The quantitative estimate of drug-likeness (QED) is 0.799. The van der Waals surface area contributed by atoms with E-state index in [4.69, 9.17) is 23.2 Å². The van der Waals surface area contributed by atoms with Crippen LogP contribution in [0.1, 0.15) is 55.8 Å². The molecule has 1 aromatic rings. The first-order valence-corrected chi connectivity index (χ1v) is 8.58. The van der Waals surface area contributed by atoms with Crippen molar-refractivity contribution < 1.29 is 4.79 Å². The van der Waals surface area contributed by atoms with Crippen LogP contribution in [-0.2, 0) is 0 Å². The Kier molecular flexibility index (Phi) is 4.31. The minimum Gasteiger partial charge on any atom is -0.310 e. The average Bonchev–Trinajstić information content (AvgIpc) is 2.89. The third kappa shape index (κ3) is 2.62. The van der Waals surface area contributed by atoms with Gasteiger partial charge in [-0.25, -0.2) is 0 Å². The van der Waals surface area contributed by atoms with E-state index in [2.05, 4.69) is 12.2 Å². The van der Waals surface area contributed by atoms with Crippen LogP contribution in [0.2, 0.25) is 10.0 Å². The zero-order valence-corrected chi connectivity index (χ0v) is 13.8. The molecule has 2 aliphatic rings. The van der Waals surface area contributed by atoms with Gasteiger partial charge in [-0.1, -0.05) is 36.5 Å². The molecule has 0 saturated carbocycles. The zero-order chi connectivity index (χ0) is 15.0. The summed E-state index contributed by atoms with van der Waals surface area (Å²) in [6.07, 6.45) is 6.36. The van der Waals surface area contributed by atoms with Crippen LogP contribution in [0, 0.1) is 5.41 Å². The molecule has 0 amide bonds. The number of rotatable bonds is 4. The van der Waals surface area contributed by atoms with E-state index in [9.17, 15) is 4.79 Å². The van der Waals surface area contributed by atoms with Gasteiger partial charge in [0.15, 0.2) is 5.78 Å². The highest BCUT2D eigenvalue weighted by molar-refractivity contribution is 6.42. The Balaban J connectivity index is 1.96. The molecule has 2 nitrogen and oxygen atoms in total. The van der Waals surface area contributed by atoms with E-state index in [0.29, 0.717) is 27.7 Å². The van der Waals surface area contributed by atoms with Crippen LogP contribution in [0.15, 0.2) is 18.2 Å². The SMILES string of the molecule is CCC[C@]1(C(=O)c2ccc(Cl)c(Cl)c2)CC[C@@H]2CC[C@H]1N2. The lowest BCUT2D eigenvalue weighted by Gasteiger charge is -2.42. The van der Waals surface area contributed by atoms with Gasteiger partial charge in [-0.2, -0.15) is 0 Å². The molecular weight excluding hydrogens is 305 g/mol. The Morgan fingerprint density at radius 1 is 1.29 bits per heavy atom. The van der Waals surface area contributed by atoms with Gasteiger partial charge in [0, 0.05) is 23.1 Å². The minimum absolute atomic E-state index is 0.237. The second kappa shape index (κ2) is 5.91. The molecule has 0 aromatic heterocycles. The molecule has 2 saturated heterocycles. The number of ketones is 1.